The SMILES string of the molecule is OCCNc1nc(OC(C(F)(F)F)C(F)(F)F)nc(N(c2ccccc2)c2ccccc2)n1. The van der Waals surface area contributed by atoms with E-state index in [4.69, 9.17) is 5.11 Å². The van der Waals surface area contributed by atoms with Crippen molar-refractivity contribution in [3.05, 3.63) is 60.7 Å². The number of ether oxygens (including phenoxy) is 1. The van der Waals surface area contributed by atoms with Gasteiger partial charge in [-0.25, -0.2) is 0 Å². The number of alkyl halides is 6. The zero-order valence-corrected chi connectivity index (χ0v) is 16.7. The van der Waals surface area contributed by atoms with Crippen molar-refractivity contribution in [1.82, 2.24) is 15.0 Å². The minimum atomic E-state index is -5.76. The largest absolute Gasteiger partial charge is 0.440 e. The van der Waals surface area contributed by atoms with Crippen molar-refractivity contribution in [3.63, 3.8) is 0 Å². The topological polar surface area (TPSA) is 83.4 Å². The number of nitrogens with zero attached hydrogens (tertiary/aromatic N) is 4. The Morgan fingerprint density at radius 3 is 1.79 bits per heavy atom. The molecule has 2 aromatic carbocycles. The molecule has 0 radical (unpaired) electrons. The quantitative estimate of drug-likeness (QED) is 0.462. The molecular formula is C20H17F6N5O2. The molecule has 3 rings (SSSR count). The minimum absolute atomic E-state index is 0.123. The van der Waals surface area contributed by atoms with Crippen molar-refractivity contribution in [2.45, 2.75) is 18.5 Å². The molecule has 0 aliphatic heterocycles. The first-order valence-corrected chi connectivity index (χ1v) is 9.40. The number of aliphatic hydroxyl groups is 1. The van der Waals surface area contributed by atoms with Gasteiger partial charge in [-0.05, 0) is 24.3 Å². The monoisotopic (exact) mass is 473 g/mol. The Bertz CT molecular complexity index is 981. The van der Waals surface area contributed by atoms with Gasteiger partial charge in [-0.15, -0.1) is 0 Å². The van der Waals surface area contributed by atoms with Crippen LogP contribution in [0.2, 0.25) is 0 Å². The van der Waals surface area contributed by atoms with E-state index in [1.807, 2.05) is 0 Å². The van der Waals surface area contributed by atoms with E-state index >= 15 is 0 Å². The van der Waals surface area contributed by atoms with Gasteiger partial charge in [0, 0.05) is 17.9 Å². The van der Waals surface area contributed by atoms with E-state index in [0.717, 1.165) is 0 Å². The summed E-state index contributed by atoms with van der Waals surface area (Å²) >= 11 is 0. The van der Waals surface area contributed by atoms with Gasteiger partial charge in [0.25, 0.3) is 6.10 Å². The lowest BCUT2D eigenvalue weighted by atomic mass is 10.2. The third-order valence-corrected chi connectivity index (χ3v) is 4.04. The summed E-state index contributed by atoms with van der Waals surface area (Å²) in [4.78, 5) is 12.7. The summed E-state index contributed by atoms with van der Waals surface area (Å²) in [5, 5.41) is 11.5. The highest BCUT2D eigenvalue weighted by molar-refractivity contribution is 5.72. The lowest BCUT2D eigenvalue weighted by Gasteiger charge is -2.25. The molecule has 1 heterocycles. The molecule has 176 valence electrons. The molecule has 0 atom stereocenters. The van der Waals surface area contributed by atoms with Gasteiger partial charge in [0.05, 0.1) is 6.61 Å². The van der Waals surface area contributed by atoms with Crippen LogP contribution >= 0.6 is 0 Å². The minimum Gasteiger partial charge on any atom is -0.440 e. The molecule has 0 aliphatic rings. The zero-order valence-electron chi connectivity index (χ0n) is 16.7. The summed E-state index contributed by atoms with van der Waals surface area (Å²) in [5.74, 6) is -0.690. The highest BCUT2D eigenvalue weighted by Crippen LogP contribution is 2.37. The van der Waals surface area contributed by atoms with Crippen molar-refractivity contribution in [2.24, 2.45) is 0 Å². The van der Waals surface area contributed by atoms with E-state index in [2.05, 4.69) is 25.0 Å². The first-order valence-electron chi connectivity index (χ1n) is 9.40. The van der Waals surface area contributed by atoms with Gasteiger partial charge < -0.3 is 15.2 Å². The van der Waals surface area contributed by atoms with Crippen LogP contribution in [-0.4, -0.2) is 51.7 Å². The number of rotatable bonds is 8. The van der Waals surface area contributed by atoms with Crippen LogP contribution in [-0.2, 0) is 0 Å². The summed E-state index contributed by atoms with van der Waals surface area (Å²) < 4.78 is 82.3. The van der Waals surface area contributed by atoms with Gasteiger partial charge in [0.15, 0.2) is 0 Å². The van der Waals surface area contributed by atoms with Crippen molar-refractivity contribution in [3.8, 4) is 6.01 Å². The summed E-state index contributed by atoms with van der Waals surface area (Å²) in [5.41, 5.74) is 0.939. The number of benzene rings is 2. The molecule has 0 bridgehead atoms. The zero-order chi connectivity index (χ0) is 24.1. The van der Waals surface area contributed by atoms with Crippen LogP contribution < -0.4 is 15.0 Å². The standard InChI is InChI=1S/C20H17F6N5O2/c21-19(22,23)15(20(24,25)26)33-18-29-16(27-11-12-32)28-17(30-18)31(13-7-3-1-4-8-13)14-9-5-2-6-10-14/h1-10,15,32H,11-12H2,(H,27,28,29,30). The number of hydrogen-bond donors (Lipinski definition) is 2. The molecule has 13 heteroatoms. The highest BCUT2D eigenvalue weighted by Gasteiger charge is 2.59. The predicted molar refractivity (Wildman–Crippen MR) is 107 cm³/mol. The van der Waals surface area contributed by atoms with Gasteiger partial charge >= 0.3 is 18.4 Å². The van der Waals surface area contributed by atoms with Crippen molar-refractivity contribution in [1.29, 1.82) is 0 Å². The lowest BCUT2D eigenvalue weighted by Crippen LogP contribution is -2.47. The van der Waals surface area contributed by atoms with Gasteiger partial charge in [-0.2, -0.15) is 41.3 Å². The molecular weight excluding hydrogens is 456 g/mol. The Kier molecular flexibility index (Phi) is 7.21. The normalized spacial score (nSPS) is 12.0. The number of halogens is 6. The molecule has 0 amide bonds. The molecule has 3 aromatic rings. The number of aliphatic hydroxyl groups excluding tert-OH is 1. The third-order valence-electron chi connectivity index (χ3n) is 4.04. The summed E-state index contributed by atoms with van der Waals surface area (Å²) in [6.07, 6.45) is -15.7. The number of aromatic nitrogens is 3. The average molecular weight is 473 g/mol. The van der Waals surface area contributed by atoms with E-state index in [1.165, 1.54) is 4.90 Å². The molecule has 0 fully saturated rings. The fraction of sp³-hybridized carbons (Fsp3) is 0.250. The smallest absolute Gasteiger partial charge is 0.434 e. The molecule has 33 heavy (non-hydrogen) atoms. The van der Waals surface area contributed by atoms with E-state index in [0.29, 0.717) is 11.4 Å². The van der Waals surface area contributed by atoms with Crippen LogP contribution in [0, 0.1) is 0 Å². The van der Waals surface area contributed by atoms with Gasteiger partial charge in [0.2, 0.25) is 11.9 Å². The Balaban J connectivity index is 2.13. The second-order valence-corrected chi connectivity index (χ2v) is 6.48. The molecule has 0 saturated heterocycles. The Hall–Kier alpha value is -3.61. The fourth-order valence-electron chi connectivity index (χ4n) is 2.70. The van der Waals surface area contributed by atoms with Crippen LogP contribution in [0.15, 0.2) is 60.7 Å². The molecule has 2 N–H and O–H groups in total. The van der Waals surface area contributed by atoms with Gasteiger partial charge in [-0.3, -0.25) is 4.90 Å². The first-order chi connectivity index (χ1) is 15.6. The number of para-hydroxylation sites is 2. The molecule has 1 aromatic heterocycles. The maximum atomic E-state index is 13.0. The maximum Gasteiger partial charge on any atom is 0.434 e. The first kappa shape index (κ1) is 24.0. The summed E-state index contributed by atoms with van der Waals surface area (Å²) in [6, 6.07) is 15.5. The fourth-order valence-corrected chi connectivity index (χ4v) is 2.70. The Morgan fingerprint density at radius 2 is 1.33 bits per heavy atom. The van der Waals surface area contributed by atoms with Crippen molar-refractivity contribution in [2.75, 3.05) is 23.4 Å². The van der Waals surface area contributed by atoms with Gasteiger partial charge in [0.1, 0.15) is 0 Å². The molecule has 0 aliphatic carbocycles. The predicted octanol–water partition coefficient (Wildman–Crippen LogP) is 4.62. The highest BCUT2D eigenvalue weighted by atomic mass is 19.4. The van der Waals surface area contributed by atoms with Crippen LogP contribution in [0.25, 0.3) is 0 Å². The molecule has 0 unspecified atom stereocenters. The van der Waals surface area contributed by atoms with Gasteiger partial charge in [-0.1, -0.05) is 36.4 Å². The van der Waals surface area contributed by atoms with Crippen LogP contribution in [0.4, 0.5) is 49.6 Å². The van der Waals surface area contributed by atoms with E-state index in [-0.39, 0.29) is 18.4 Å². The number of hydrogen-bond acceptors (Lipinski definition) is 7. The van der Waals surface area contributed by atoms with Crippen molar-refractivity contribution < 1.29 is 36.2 Å². The Morgan fingerprint density at radius 1 is 0.818 bits per heavy atom. The van der Waals surface area contributed by atoms with Crippen molar-refractivity contribution >= 4 is 23.3 Å². The number of nitrogens with one attached hydrogen (secondary N) is 1. The third kappa shape index (κ3) is 6.22. The summed E-state index contributed by atoms with van der Waals surface area (Å²) in [6.45, 7) is -0.520. The van der Waals surface area contributed by atoms with Crippen LogP contribution in [0.3, 0.4) is 0 Å². The Labute approximate surface area is 183 Å². The van der Waals surface area contributed by atoms with Crippen LogP contribution in [0.5, 0.6) is 6.01 Å². The van der Waals surface area contributed by atoms with E-state index in [9.17, 15) is 26.3 Å². The second-order valence-electron chi connectivity index (χ2n) is 6.48. The van der Waals surface area contributed by atoms with Crippen LogP contribution in [0.1, 0.15) is 0 Å². The maximum absolute atomic E-state index is 13.0. The second kappa shape index (κ2) is 9.90. The molecule has 7 nitrogen and oxygen atoms in total. The average Bonchev–Trinajstić information content (AvgIpc) is 2.76. The lowest BCUT2D eigenvalue weighted by molar-refractivity contribution is -0.301. The van der Waals surface area contributed by atoms with E-state index < -0.39 is 31.1 Å². The van der Waals surface area contributed by atoms with E-state index in [1.54, 1.807) is 60.7 Å². The number of anilines is 4. The molecule has 0 spiro atoms. The molecule has 0 saturated carbocycles. The summed E-state index contributed by atoms with van der Waals surface area (Å²) in [7, 11) is 0.